The van der Waals surface area contributed by atoms with E-state index in [1.54, 1.807) is 0 Å². The molecule has 1 atom stereocenters. The first-order chi connectivity index (χ1) is 7.29. The predicted octanol–water partition coefficient (Wildman–Crippen LogP) is -0.0172. The zero-order valence-electron chi connectivity index (χ0n) is 10.3. The average molecular weight is 205 g/mol. The second-order valence-electron chi connectivity index (χ2n) is 4.02. The first kappa shape index (κ1) is 13.3. The topological polar surface area (TPSA) is 3.24 Å². The van der Waals surface area contributed by atoms with Gasteiger partial charge in [-0.2, -0.15) is 6.08 Å². The molecule has 0 aliphatic heterocycles. The van der Waals surface area contributed by atoms with E-state index in [4.69, 9.17) is 0 Å². The van der Waals surface area contributed by atoms with Crippen molar-refractivity contribution in [3.05, 3.63) is 59.7 Å². The summed E-state index contributed by atoms with van der Waals surface area (Å²) in [4.78, 5) is 2.23. The van der Waals surface area contributed by atoms with Crippen molar-refractivity contribution < 1.29 is 18.9 Å². The van der Waals surface area contributed by atoms with Crippen molar-refractivity contribution in [2.24, 2.45) is 0 Å². The summed E-state index contributed by atoms with van der Waals surface area (Å²) >= 11 is 0. The molecule has 1 aliphatic rings. The van der Waals surface area contributed by atoms with Crippen LogP contribution in [-0.2, 0) is 0 Å². The molecule has 0 radical (unpaired) electrons. The van der Waals surface area contributed by atoms with E-state index in [0.29, 0.717) is 6.04 Å². The number of hydrogen-bond donors (Lipinski definition) is 0. The van der Waals surface area contributed by atoms with Crippen LogP contribution in [0.3, 0.4) is 0 Å². The van der Waals surface area contributed by atoms with Gasteiger partial charge in [-0.25, -0.2) is 11.6 Å². The third kappa shape index (κ3) is 2.89. The maximum Gasteiger partial charge on any atom is 1.00 e. The second-order valence-corrected chi connectivity index (χ2v) is 4.02. The van der Waals surface area contributed by atoms with Crippen LogP contribution in [0.2, 0.25) is 0 Å². The summed E-state index contributed by atoms with van der Waals surface area (Å²) in [6.07, 6.45) is 8.69. The molecular weight excluding hydrogens is 189 g/mol. The van der Waals surface area contributed by atoms with Crippen LogP contribution in [0.5, 0.6) is 0 Å². The Bertz CT molecular complexity index is 379. The zero-order chi connectivity index (χ0) is 10.7. The molecule has 2 heteroatoms. The molecule has 0 spiro atoms. The minimum absolute atomic E-state index is 0. The standard InChI is InChI=1S/C14H16N.Li/c1-15(2)14(13-10-6-7-11-13)12-8-4-3-5-9-12;/h3-6,8-10,14H,7H2,1-2H3;/q-1;+1. The molecule has 0 saturated heterocycles. The smallest absolute Gasteiger partial charge is 0.301 e. The molecule has 78 valence electrons. The molecule has 0 heterocycles. The van der Waals surface area contributed by atoms with Gasteiger partial charge < -0.3 is 4.90 Å². The van der Waals surface area contributed by atoms with E-state index in [9.17, 15) is 0 Å². The van der Waals surface area contributed by atoms with Crippen molar-refractivity contribution in [3.8, 4) is 0 Å². The summed E-state index contributed by atoms with van der Waals surface area (Å²) < 4.78 is 0. The molecule has 2 rings (SSSR count). The molecule has 0 saturated carbocycles. The Labute approximate surface area is 110 Å². The van der Waals surface area contributed by atoms with Gasteiger partial charge in [0.2, 0.25) is 0 Å². The Hall–Kier alpha value is -0.743. The normalized spacial score (nSPS) is 15.8. The van der Waals surface area contributed by atoms with Crippen LogP contribution < -0.4 is 18.9 Å². The Balaban J connectivity index is 0.00000128. The van der Waals surface area contributed by atoms with Crippen molar-refractivity contribution in [3.63, 3.8) is 0 Å². The maximum atomic E-state index is 3.40. The van der Waals surface area contributed by atoms with Crippen molar-refractivity contribution >= 4 is 0 Å². The van der Waals surface area contributed by atoms with E-state index in [1.807, 2.05) is 0 Å². The maximum absolute atomic E-state index is 3.40. The van der Waals surface area contributed by atoms with E-state index in [-0.39, 0.29) is 18.9 Å². The molecule has 0 fully saturated rings. The van der Waals surface area contributed by atoms with Gasteiger partial charge in [-0.3, -0.25) is 6.08 Å². The molecule has 0 N–H and O–H groups in total. The van der Waals surface area contributed by atoms with Gasteiger partial charge in [-0.05, 0) is 19.7 Å². The molecule has 16 heavy (non-hydrogen) atoms. The van der Waals surface area contributed by atoms with Crippen molar-refractivity contribution in [2.75, 3.05) is 14.1 Å². The minimum atomic E-state index is 0. The van der Waals surface area contributed by atoms with Crippen LogP contribution in [0.1, 0.15) is 18.0 Å². The average Bonchev–Trinajstić information content (AvgIpc) is 2.72. The SMILES string of the molecule is CN(C)C(C1=[C-]CC=C1)c1ccccc1.[Li+]. The van der Waals surface area contributed by atoms with E-state index in [2.05, 4.69) is 67.6 Å². The first-order valence-corrected chi connectivity index (χ1v) is 5.27. The molecule has 1 aromatic rings. The summed E-state index contributed by atoms with van der Waals surface area (Å²) in [6, 6.07) is 10.9. The van der Waals surface area contributed by atoms with Gasteiger partial charge >= 0.3 is 18.9 Å². The van der Waals surface area contributed by atoms with Gasteiger partial charge in [0.05, 0.1) is 0 Å². The van der Waals surface area contributed by atoms with Crippen LogP contribution >= 0.6 is 0 Å². The van der Waals surface area contributed by atoms with Crippen LogP contribution in [-0.4, -0.2) is 19.0 Å². The molecule has 0 aromatic heterocycles. The van der Waals surface area contributed by atoms with E-state index < -0.39 is 0 Å². The van der Waals surface area contributed by atoms with Gasteiger partial charge in [0.25, 0.3) is 0 Å². The molecule has 1 aliphatic carbocycles. The summed E-state index contributed by atoms with van der Waals surface area (Å²) in [6.45, 7) is 0. The summed E-state index contributed by atoms with van der Waals surface area (Å²) in [5.41, 5.74) is 2.61. The first-order valence-electron chi connectivity index (χ1n) is 5.27. The van der Waals surface area contributed by atoms with E-state index in [0.717, 1.165) is 6.42 Å². The monoisotopic (exact) mass is 205 g/mol. The Kier molecular flexibility index (Phi) is 5.08. The minimum Gasteiger partial charge on any atom is -0.301 e. The summed E-state index contributed by atoms with van der Waals surface area (Å²) in [7, 11) is 4.22. The molecule has 1 nitrogen and oxygen atoms in total. The molecule has 1 unspecified atom stereocenters. The quantitative estimate of drug-likeness (QED) is 0.495. The number of benzene rings is 1. The second kappa shape index (κ2) is 6.11. The number of likely N-dealkylation sites (N-methyl/N-ethyl adjacent to an activating group) is 1. The number of hydrogen-bond acceptors (Lipinski definition) is 1. The van der Waals surface area contributed by atoms with Gasteiger partial charge in [-0.15, -0.1) is 6.42 Å². The zero-order valence-corrected chi connectivity index (χ0v) is 10.3. The fraction of sp³-hybridized carbons (Fsp3) is 0.286. The van der Waals surface area contributed by atoms with Crippen molar-refractivity contribution in [1.82, 2.24) is 4.90 Å². The molecule has 0 bridgehead atoms. The Morgan fingerprint density at radius 3 is 2.38 bits per heavy atom. The number of rotatable bonds is 3. The van der Waals surface area contributed by atoms with Gasteiger partial charge in [-0.1, -0.05) is 30.3 Å². The third-order valence-electron chi connectivity index (χ3n) is 2.65. The number of allylic oxidation sites excluding steroid dienone is 2. The van der Waals surface area contributed by atoms with Crippen LogP contribution in [0.4, 0.5) is 0 Å². The van der Waals surface area contributed by atoms with Gasteiger partial charge in [0.15, 0.2) is 0 Å². The summed E-state index contributed by atoms with van der Waals surface area (Å²) in [5, 5.41) is 0. The van der Waals surface area contributed by atoms with Gasteiger partial charge in [0, 0.05) is 6.04 Å². The van der Waals surface area contributed by atoms with Gasteiger partial charge in [0.1, 0.15) is 0 Å². The Morgan fingerprint density at radius 1 is 1.19 bits per heavy atom. The van der Waals surface area contributed by atoms with E-state index in [1.165, 1.54) is 11.1 Å². The molecule has 1 aromatic carbocycles. The third-order valence-corrected chi connectivity index (χ3v) is 2.65. The largest absolute Gasteiger partial charge is 1.00 e. The Morgan fingerprint density at radius 2 is 1.88 bits per heavy atom. The van der Waals surface area contributed by atoms with Crippen LogP contribution in [0.15, 0.2) is 48.1 Å². The number of nitrogens with zero attached hydrogens (tertiary/aromatic N) is 1. The van der Waals surface area contributed by atoms with Crippen LogP contribution in [0, 0.1) is 6.08 Å². The van der Waals surface area contributed by atoms with Crippen LogP contribution in [0.25, 0.3) is 0 Å². The van der Waals surface area contributed by atoms with Crippen molar-refractivity contribution in [2.45, 2.75) is 12.5 Å². The fourth-order valence-corrected chi connectivity index (χ4v) is 2.00. The van der Waals surface area contributed by atoms with E-state index >= 15 is 0 Å². The predicted molar refractivity (Wildman–Crippen MR) is 63.4 cm³/mol. The summed E-state index contributed by atoms with van der Waals surface area (Å²) in [5.74, 6) is 0. The van der Waals surface area contributed by atoms with Crippen molar-refractivity contribution in [1.29, 1.82) is 0 Å². The molecular formula is C14H16LiN. The molecule has 0 amide bonds. The fourth-order valence-electron chi connectivity index (χ4n) is 2.00.